The lowest BCUT2D eigenvalue weighted by atomic mass is 10.1. The van der Waals surface area contributed by atoms with E-state index >= 15 is 0 Å². The highest BCUT2D eigenvalue weighted by molar-refractivity contribution is 7.98. The first-order valence-electron chi connectivity index (χ1n) is 9.80. The molecule has 0 radical (unpaired) electrons. The third-order valence-electron chi connectivity index (χ3n) is 3.92. The van der Waals surface area contributed by atoms with Crippen LogP contribution in [-0.4, -0.2) is 63.1 Å². The van der Waals surface area contributed by atoms with Crippen LogP contribution in [0.25, 0.3) is 0 Å². The molecule has 0 atom stereocenters. The van der Waals surface area contributed by atoms with Gasteiger partial charge in [0.15, 0.2) is 11.8 Å². The van der Waals surface area contributed by atoms with E-state index in [1.165, 1.54) is 0 Å². The maximum atomic E-state index is 12.1. The lowest BCUT2D eigenvalue weighted by Gasteiger charge is -2.29. The average molecular weight is 428 g/mol. The minimum atomic E-state index is -0.534. The van der Waals surface area contributed by atoms with Gasteiger partial charge in [0.2, 0.25) is 0 Å². The third-order valence-corrected chi connectivity index (χ3v) is 4.61. The van der Waals surface area contributed by atoms with Gasteiger partial charge in [-0.05, 0) is 60.0 Å². The van der Waals surface area contributed by atoms with Crippen LogP contribution in [-0.2, 0) is 18.3 Å². The second-order valence-corrected chi connectivity index (χ2v) is 9.51. The van der Waals surface area contributed by atoms with E-state index in [1.807, 2.05) is 64.9 Å². The number of alkyl carbamates (subject to hydrolysis) is 1. The first-order valence-corrected chi connectivity index (χ1v) is 11.2. The van der Waals surface area contributed by atoms with E-state index in [0.29, 0.717) is 19.0 Å². The second kappa shape index (κ2) is 11.3. The lowest BCUT2D eigenvalue weighted by molar-refractivity contribution is 0.0474. The molecule has 0 unspecified atom stereocenters. The Morgan fingerprint density at radius 3 is 2.45 bits per heavy atom. The first kappa shape index (κ1) is 25.1. The van der Waals surface area contributed by atoms with Gasteiger partial charge in [-0.25, -0.2) is 9.79 Å². The van der Waals surface area contributed by atoms with Crippen LogP contribution in [0, 0.1) is 6.92 Å². The predicted molar refractivity (Wildman–Crippen MR) is 119 cm³/mol. The largest absolute Gasteiger partial charge is 0.444 e. The van der Waals surface area contributed by atoms with Gasteiger partial charge >= 0.3 is 6.09 Å². The summed E-state index contributed by atoms with van der Waals surface area (Å²) in [6.07, 6.45) is 2.68. The zero-order valence-electron chi connectivity index (χ0n) is 19.0. The summed E-state index contributed by atoms with van der Waals surface area (Å²) in [6, 6.07) is 0. The number of nitrogens with zero attached hydrogens (tertiary/aromatic N) is 4. The van der Waals surface area contributed by atoms with Crippen LogP contribution >= 0.6 is 11.8 Å². The van der Waals surface area contributed by atoms with E-state index in [-0.39, 0.29) is 0 Å². The zero-order chi connectivity index (χ0) is 22.1. The van der Waals surface area contributed by atoms with Crippen molar-refractivity contribution in [3.63, 3.8) is 0 Å². The molecule has 1 heterocycles. The topological polar surface area (TPSA) is 105 Å². The number of amides is 1. The van der Waals surface area contributed by atoms with Crippen molar-refractivity contribution in [3.8, 4) is 0 Å². The lowest BCUT2D eigenvalue weighted by Crippen LogP contribution is -2.54. The van der Waals surface area contributed by atoms with Crippen LogP contribution < -0.4 is 16.0 Å². The summed E-state index contributed by atoms with van der Waals surface area (Å²) >= 11 is 1.81. The Labute approximate surface area is 178 Å². The van der Waals surface area contributed by atoms with Crippen molar-refractivity contribution in [2.45, 2.75) is 65.6 Å². The average Bonchev–Trinajstić information content (AvgIpc) is 2.90. The molecule has 0 aliphatic rings. The summed E-state index contributed by atoms with van der Waals surface area (Å²) in [5.74, 6) is 3.39. The molecular formula is C19H37N7O2S. The number of ether oxygens (including phenoxy) is 1. The molecule has 3 N–H and O–H groups in total. The minimum absolute atomic E-state index is 0.412. The molecule has 0 saturated heterocycles. The third kappa shape index (κ3) is 10.4. The molecule has 1 amide bonds. The number of carbonyl (C=O) groups is 1. The maximum Gasteiger partial charge on any atom is 0.408 e. The smallest absolute Gasteiger partial charge is 0.408 e. The van der Waals surface area contributed by atoms with Gasteiger partial charge in [0, 0.05) is 20.1 Å². The summed E-state index contributed by atoms with van der Waals surface area (Å²) in [4.78, 5) is 16.7. The normalized spacial score (nSPS) is 12.6. The highest BCUT2D eigenvalue weighted by Crippen LogP contribution is 2.09. The highest BCUT2D eigenvalue weighted by atomic mass is 32.2. The number of nitrogens with one attached hydrogen (secondary N) is 3. The molecule has 9 nitrogen and oxygen atoms in total. The summed E-state index contributed by atoms with van der Waals surface area (Å²) in [5.41, 5.74) is -1.06. The van der Waals surface area contributed by atoms with E-state index in [1.54, 1.807) is 0 Å². The molecule has 0 saturated carbocycles. The Morgan fingerprint density at radius 2 is 1.90 bits per heavy atom. The molecule has 0 fully saturated rings. The molecule has 1 rings (SSSR count). The Hall–Kier alpha value is -1.97. The first-order chi connectivity index (χ1) is 13.4. The standard InChI is InChI=1S/C19H37N7O2S/c1-14-24-25-15(26(14)7)12-21-16(20-10-9-11-29-8)22-13-19(5,6)23-17(27)28-18(2,3)4/h9-13H2,1-8H3,(H,23,27)(H2,20,21,22). The number of hydrogen-bond donors (Lipinski definition) is 3. The number of carbonyl (C=O) groups excluding carboxylic acids is 1. The van der Waals surface area contributed by atoms with E-state index in [0.717, 1.165) is 30.4 Å². The number of aryl methyl sites for hydroxylation is 1. The van der Waals surface area contributed by atoms with E-state index < -0.39 is 17.2 Å². The Balaban J connectivity index is 2.70. The van der Waals surface area contributed by atoms with Gasteiger partial charge in [-0.2, -0.15) is 11.8 Å². The van der Waals surface area contributed by atoms with Gasteiger partial charge in [0.1, 0.15) is 18.0 Å². The molecule has 10 heteroatoms. The second-order valence-electron chi connectivity index (χ2n) is 8.52. The van der Waals surface area contributed by atoms with E-state index in [9.17, 15) is 4.79 Å². The maximum absolute atomic E-state index is 12.1. The van der Waals surface area contributed by atoms with Crippen molar-refractivity contribution in [3.05, 3.63) is 11.6 Å². The fraction of sp³-hybridized carbons (Fsp3) is 0.789. The molecule has 29 heavy (non-hydrogen) atoms. The minimum Gasteiger partial charge on any atom is -0.444 e. The Kier molecular flexibility index (Phi) is 9.75. The molecule has 0 bridgehead atoms. The fourth-order valence-electron chi connectivity index (χ4n) is 2.26. The molecule has 1 aromatic rings. The van der Waals surface area contributed by atoms with Crippen LogP contribution in [0.3, 0.4) is 0 Å². The van der Waals surface area contributed by atoms with Crippen LogP contribution in [0.15, 0.2) is 4.99 Å². The fourth-order valence-corrected chi connectivity index (χ4v) is 2.70. The monoisotopic (exact) mass is 427 g/mol. The molecule has 0 spiro atoms. The SMILES string of the molecule is CSCCCNC(=NCc1nnc(C)n1C)NCC(C)(C)NC(=O)OC(C)(C)C. The summed E-state index contributed by atoms with van der Waals surface area (Å²) in [6.45, 7) is 13.0. The number of aliphatic imine (C=N–C) groups is 1. The highest BCUT2D eigenvalue weighted by Gasteiger charge is 2.24. The van der Waals surface area contributed by atoms with Crippen molar-refractivity contribution in [1.82, 2.24) is 30.7 Å². The van der Waals surface area contributed by atoms with Crippen molar-refractivity contribution in [2.24, 2.45) is 12.0 Å². The van der Waals surface area contributed by atoms with Crippen LogP contribution in [0.5, 0.6) is 0 Å². The van der Waals surface area contributed by atoms with Gasteiger partial charge in [0.05, 0.1) is 5.54 Å². The van der Waals surface area contributed by atoms with Gasteiger partial charge in [-0.3, -0.25) is 0 Å². The van der Waals surface area contributed by atoms with Crippen LogP contribution in [0.4, 0.5) is 4.79 Å². The summed E-state index contributed by atoms with van der Waals surface area (Å²) in [7, 11) is 1.92. The van der Waals surface area contributed by atoms with Crippen LogP contribution in [0.2, 0.25) is 0 Å². The van der Waals surface area contributed by atoms with Gasteiger partial charge in [-0.15, -0.1) is 10.2 Å². The quantitative estimate of drug-likeness (QED) is 0.315. The molecule has 0 aliphatic carbocycles. The zero-order valence-corrected chi connectivity index (χ0v) is 19.9. The van der Waals surface area contributed by atoms with E-state index in [4.69, 9.17) is 4.74 Å². The van der Waals surface area contributed by atoms with Crippen molar-refractivity contribution >= 4 is 23.8 Å². The van der Waals surface area contributed by atoms with Crippen molar-refractivity contribution < 1.29 is 9.53 Å². The number of thioether (sulfide) groups is 1. The predicted octanol–water partition coefficient (Wildman–Crippen LogP) is 2.22. The van der Waals surface area contributed by atoms with E-state index in [2.05, 4.69) is 37.4 Å². The summed E-state index contributed by atoms with van der Waals surface area (Å²) < 4.78 is 7.27. The molecular weight excluding hydrogens is 390 g/mol. The molecule has 0 aliphatic heterocycles. The summed E-state index contributed by atoms with van der Waals surface area (Å²) in [5, 5.41) is 17.8. The van der Waals surface area contributed by atoms with Crippen LogP contribution in [0.1, 0.15) is 52.7 Å². The van der Waals surface area contributed by atoms with Gasteiger partial charge < -0.3 is 25.3 Å². The number of aromatic nitrogens is 3. The molecule has 0 aromatic carbocycles. The number of guanidine groups is 1. The molecule has 166 valence electrons. The number of rotatable bonds is 9. The van der Waals surface area contributed by atoms with Crippen molar-refractivity contribution in [2.75, 3.05) is 25.1 Å². The molecule has 1 aromatic heterocycles. The number of hydrogen-bond acceptors (Lipinski definition) is 6. The van der Waals surface area contributed by atoms with Gasteiger partial charge in [-0.1, -0.05) is 0 Å². The Morgan fingerprint density at radius 1 is 1.21 bits per heavy atom. The van der Waals surface area contributed by atoms with Gasteiger partial charge in [0.25, 0.3) is 0 Å². The Bertz CT molecular complexity index is 681. The van der Waals surface area contributed by atoms with Crippen molar-refractivity contribution in [1.29, 1.82) is 0 Å².